The molecule has 9 heteroatoms. The number of esters is 3. The fraction of sp³-hybridized carbons (Fsp3) is 0.667. The maximum atomic E-state index is 11.4. The normalized spacial score (nSPS) is 28.3. The average molecular weight is 303 g/mol. The van der Waals surface area contributed by atoms with Gasteiger partial charge in [-0.05, 0) is 0 Å². The Morgan fingerprint density at radius 2 is 1.38 bits per heavy atom. The quantitative estimate of drug-likeness (QED) is 0.499. The van der Waals surface area contributed by atoms with Crippen LogP contribution in [0, 0.1) is 0 Å². The first-order chi connectivity index (χ1) is 9.72. The van der Waals surface area contributed by atoms with E-state index < -0.39 is 48.2 Å². The van der Waals surface area contributed by atoms with E-state index in [1.807, 2.05) is 0 Å². The van der Waals surface area contributed by atoms with Crippen molar-refractivity contribution in [3.63, 3.8) is 0 Å². The number of primary amides is 1. The summed E-state index contributed by atoms with van der Waals surface area (Å²) in [5.41, 5.74) is 5.17. The Bertz CT molecular complexity index is 449. The van der Waals surface area contributed by atoms with Crippen LogP contribution < -0.4 is 5.73 Å². The Hall–Kier alpha value is -2.16. The van der Waals surface area contributed by atoms with Gasteiger partial charge in [-0.25, -0.2) is 0 Å². The molecule has 118 valence electrons. The highest BCUT2D eigenvalue weighted by atomic mass is 16.6. The number of carbonyl (C=O) groups is 4. The zero-order valence-corrected chi connectivity index (χ0v) is 11.9. The molecular weight excluding hydrogens is 286 g/mol. The molecule has 1 rings (SSSR count). The summed E-state index contributed by atoms with van der Waals surface area (Å²) in [7, 11) is 0. The highest BCUT2D eigenvalue weighted by molar-refractivity contribution is 5.80. The highest BCUT2D eigenvalue weighted by Crippen LogP contribution is 2.24. The molecular formula is C12H17NO8. The third kappa shape index (κ3) is 4.71. The van der Waals surface area contributed by atoms with Gasteiger partial charge in [-0.1, -0.05) is 0 Å². The van der Waals surface area contributed by atoms with Crippen molar-refractivity contribution in [1.82, 2.24) is 0 Å². The van der Waals surface area contributed by atoms with Crippen LogP contribution in [-0.2, 0) is 38.1 Å². The van der Waals surface area contributed by atoms with Crippen LogP contribution in [0.3, 0.4) is 0 Å². The standard InChI is InChI=1S/C12H17NO8/c1-5(14)19-8-4-18-11(12(13)17)10(21-7(3)16)9(8)20-6(2)15/h8-11H,4H2,1-3H3,(H2,13,17)/t8-,9+,10-,11-/m1/s1. The van der Waals surface area contributed by atoms with Gasteiger partial charge in [0.1, 0.15) is 0 Å². The van der Waals surface area contributed by atoms with Gasteiger partial charge in [-0.3, -0.25) is 19.2 Å². The van der Waals surface area contributed by atoms with Crippen LogP contribution in [0.5, 0.6) is 0 Å². The van der Waals surface area contributed by atoms with Gasteiger partial charge in [0.05, 0.1) is 6.61 Å². The molecule has 1 aliphatic rings. The summed E-state index contributed by atoms with van der Waals surface area (Å²) in [5, 5.41) is 0. The van der Waals surface area contributed by atoms with Crippen LogP contribution in [-0.4, -0.2) is 54.8 Å². The van der Waals surface area contributed by atoms with E-state index in [2.05, 4.69) is 0 Å². The summed E-state index contributed by atoms with van der Waals surface area (Å²) in [6.45, 7) is 3.18. The van der Waals surface area contributed by atoms with E-state index in [4.69, 9.17) is 24.7 Å². The SMILES string of the molecule is CC(=O)O[C@@H]1[C@@H](OC(C)=O)[C@H](C(N)=O)OC[C@H]1OC(C)=O. The lowest BCUT2D eigenvalue weighted by atomic mass is 9.98. The lowest BCUT2D eigenvalue weighted by Gasteiger charge is -2.39. The Labute approximate surface area is 120 Å². The third-order valence-corrected chi connectivity index (χ3v) is 2.63. The van der Waals surface area contributed by atoms with Crippen molar-refractivity contribution in [2.24, 2.45) is 5.73 Å². The molecule has 1 aliphatic heterocycles. The molecule has 0 saturated carbocycles. The first-order valence-electron chi connectivity index (χ1n) is 6.15. The first-order valence-corrected chi connectivity index (χ1v) is 6.15. The van der Waals surface area contributed by atoms with Gasteiger partial charge in [-0.15, -0.1) is 0 Å². The molecule has 1 amide bonds. The van der Waals surface area contributed by atoms with E-state index in [0.717, 1.165) is 20.8 Å². The van der Waals surface area contributed by atoms with E-state index in [9.17, 15) is 19.2 Å². The van der Waals surface area contributed by atoms with Gasteiger partial charge < -0.3 is 24.7 Å². The van der Waals surface area contributed by atoms with Crippen molar-refractivity contribution in [2.75, 3.05) is 6.61 Å². The summed E-state index contributed by atoms with van der Waals surface area (Å²) in [6, 6.07) is 0. The Morgan fingerprint density at radius 1 is 0.905 bits per heavy atom. The van der Waals surface area contributed by atoms with Crippen molar-refractivity contribution in [3.8, 4) is 0 Å². The summed E-state index contributed by atoms with van der Waals surface area (Å²) < 4.78 is 20.1. The zero-order chi connectivity index (χ0) is 16.2. The Kier molecular flexibility index (Phi) is 5.65. The topological polar surface area (TPSA) is 131 Å². The second-order valence-electron chi connectivity index (χ2n) is 4.45. The van der Waals surface area contributed by atoms with E-state index in [0.29, 0.717) is 0 Å². The van der Waals surface area contributed by atoms with Gasteiger partial charge in [0.15, 0.2) is 24.4 Å². The van der Waals surface area contributed by atoms with Gasteiger partial charge in [-0.2, -0.15) is 0 Å². The summed E-state index contributed by atoms with van der Waals surface area (Å²) >= 11 is 0. The predicted molar refractivity (Wildman–Crippen MR) is 65.6 cm³/mol. The third-order valence-electron chi connectivity index (χ3n) is 2.63. The van der Waals surface area contributed by atoms with E-state index in [-0.39, 0.29) is 6.61 Å². The molecule has 0 bridgehead atoms. The largest absolute Gasteiger partial charge is 0.456 e. The molecule has 2 N–H and O–H groups in total. The van der Waals surface area contributed by atoms with Crippen LogP contribution in [0.25, 0.3) is 0 Å². The number of rotatable bonds is 4. The molecule has 1 heterocycles. The number of carbonyl (C=O) groups excluding carboxylic acids is 4. The summed E-state index contributed by atoms with van der Waals surface area (Å²) in [5.74, 6) is -2.95. The van der Waals surface area contributed by atoms with Gasteiger partial charge >= 0.3 is 17.9 Å². The Morgan fingerprint density at radius 3 is 1.81 bits per heavy atom. The molecule has 1 saturated heterocycles. The first kappa shape index (κ1) is 16.9. The van der Waals surface area contributed by atoms with Crippen LogP contribution >= 0.6 is 0 Å². The smallest absolute Gasteiger partial charge is 0.303 e. The number of amides is 1. The molecule has 0 spiro atoms. The maximum Gasteiger partial charge on any atom is 0.303 e. The summed E-state index contributed by atoms with van der Waals surface area (Å²) in [6.07, 6.45) is -4.78. The fourth-order valence-electron chi connectivity index (χ4n) is 1.99. The van der Waals surface area contributed by atoms with Crippen LogP contribution in [0.2, 0.25) is 0 Å². The van der Waals surface area contributed by atoms with E-state index in [1.54, 1.807) is 0 Å². The number of ether oxygens (including phenoxy) is 4. The molecule has 0 unspecified atom stereocenters. The van der Waals surface area contributed by atoms with Crippen LogP contribution in [0.15, 0.2) is 0 Å². The van der Waals surface area contributed by atoms with Crippen LogP contribution in [0.1, 0.15) is 20.8 Å². The molecule has 1 fully saturated rings. The van der Waals surface area contributed by atoms with Gasteiger partial charge in [0.2, 0.25) is 0 Å². The van der Waals surface area contributed by atoms with Crippen molar-refractivity contribution in [2.45, 2.75) is 45.2 Å². The van der Waals surface area contributed by atoms with Gasteiger partial charge in [0.25, 0.3) is 5.91 Å². The van der Waals surface area contributed by atoms with Crippen molar-refractivity contribution >= 4 is 23.8 Å². The second-order valence-corrected chi connectivity index (χ2v) is 4.45. The van der Waals surface area contributed by atoms with E-state index in [1.165, 1.54) is 0 Å². The average Bonchev–Trinajstić information content (AvgIpc) is 2.31. The highest BCUT2D eigenvalue weighted by Gasteiger charge is 2.48. The zero-order valence-electron chi connectivity index (χ0n) is 11.9. The van der Waals surface area contributed by atoms with Gasteiger partial charge in [0, 0.05) is 20.8 Å². The molecule has 0 radical (unpaired) electrons. The van der Waals surface area contributed by atoms with Crippen molar-refractivity contribution < 1.29 is 38.1 Å². The maximum absolute atomic E-state index is 11.4. The molecule has 0 aromatic heterocycles. The van der Waals surface area contributed by atoms with Crippen LogP contribution in [0.4, 0.5) is 0 Å². The lowest BCUT2D eigenvalue weighted by Crippen LogP contribution is -2.60. The fourth-order valence-corrected chi connectivity index (χ4v) is 1.99. The molecule has 21 heavy (non-hydrogen) atoms. The number of hydrogen-bond acceptors (Lipinski definition) is 8. The minimum atomic E-state index is -1.30. The minimum Gasteiger partial charge on any atom is -0.456 e. The second kappa shape index (κ2) is 7.02. The molecule has 0 aromatic carbocycles. The van der Waals surface area contributed by atoms with Crippen molar-refractivity contribution in [1.29, 1.82) is 0 Å². The molecule has 4 atom stereocenters. The lowest BCUT2D eigenvalue weighted by molar-refractivity contribution is -0.223. The number of nitrogens with two attached hydrogens (primary N) is 1. The molecule has 0 aliphatic carbocycles. The van der Waals surface area contributed by atoms with Crippen molar-refractivity contribution in [3.05, 3.63) is 0 Å². The van der Waals surface area contributed by atoms with E-state index >= 15 is 0 Å². The molecule has 9 nitrogen and oxygen atoms in total. The Balaban J connectivity index is 3.06. The summed E-state index contributed by atoms with van der Waals surface area (Å²) in [4.78, 5) is 44.8. The molecule has 0 aromatic rings. The monoisotopic (exact) mass is 303 g/mol. The number of hydrogen-bond donors (Lipinski definition) is 1. The predicted octanol–water partition coefficient (Wildman–Crippen LogP) is -1.33. The minimum absolute atomic E-state index is 0.219.